The van der Waals surface area contributed by atoms with E-state index in [0.29, 0.717) is 11.1 Å². The van der Waals surface area contributed by atoms with Crippen molar-refractivity contribution in [1.82, 2.24) is 0 Å². The number of aliphatic hydroxyl groups excluding tert-OH is 13. The number of aliphatic carboxylic acids is 1. The summed E-state index contributed by atoms with van der Waals surface area (Å²) in [5.74, 6) is -9.75. The fourth-order valence-electron chi connectivity index (χ4n) is 9.84. The number of carboxylic acid groups (broad SMARTS) is 1. The molecule has 0 radical (unpaired) electrons. The Hall–Kier alpha value is -8.63. The SMILES string of the molecule is O=C(O)CC(=O)OCC1O[C@@H](Oc2cc3c(O)cc(O)cc3[o+]c2-c2cc(O[C@@H]3OC(CO)[C@@H](O)[C@H](O)C3O)c(O)c(O[C@@H]3OC(COC(=O)/C=C/c4ccc(O[C@@H]5OC(COC(=O)/C=C/c6ccc(O)cc6)[C@@H](O)[C@H](O)C5O)cc4)[C@@H](O)[C@H](O)C3O)c2)C(O)[C@@H](O)[C@@H]1O. The fourth-order valence-corrected chi connectivity index (χ4v) is 9.84. The van der Waals surface area contributed by atoms with Crippen LogP contribution in [0.1, 0.15) is 17.5 Å². The van der Waals surface area contributed by atoms with E-state index < -0.39 is 225 Å². The molecule has 5 heterocycles. The summed E-state index contributed by atoms with van der Waals surface area (Å²) in [6, 6.07) is 16.3. The minimum absolute atomic E-state index is 0.0180. The molecule has 0 spiro atoms. The van der Waals surface area contributed by atoms with Gasteiger partial charge in [-0.05, 0) is 47.5 Å². The van der Waals surface area contributed by atoms with E-state index in [2.05, 4.69) is 0 Å². The Kier molecular flexibility index (Phi) is 22.4. The van der Waals surface area contributed by atoms with Crippen LogP contribution in [-0.2, 0) is 52.3 Å². The summed E-state index contributed by atoms with van der Waals surface area (Å²) in [6.07, 6.45) is -34.7. The number of ether oxygens (including phenoxy) is 11. The van der Waals surface area contributed by atoms with E-state index >= 15 is 0 Å². The topological polar surface area (TPSA) is 545 Å². The summed E-state index contributed by atoms with van der Waals surface area (Å²) in [4.78, 5) is 48.6. The number of carbonyl (C=O) groups excluding carboxylic acids is 3. The van der Waals surface area contributed by atoms with Gasteiger partial charge in [-0.1, -0.05) is 24.3 Å². The van der Waals surface area contributed by atoms with Gasteiger partial charge >= 0.3 is 35.2 Å². The van der Waals surface area contributed by atoms with E-state index in [1.54, 1.807) is 12.1 Å². The lowest BCUT2D eigenvalue weighted by atomic mass is 9.99. The number of hydrogen-bond acceptors (Lipinski definition) is 32. The first-order chi connectivity index (χ1) is 44.7. The molecule has 1 aromatic heterocycles. The van der Waals surface area contributed by atoms with Gasteiger partial charge in [0, 0.05) is 36.4 Å². The van der Waals surface area contributed by atoms with Crippen molar-refractivity contribution in [3.05, 3.63) is 102 Å². The van der Waals surface area contributed by atoms with Crippen LogP contribution in [0.2, 0.25) is 0 Å². The Morgan fingerprint density at radius 2 is 0.872 bits per heavy atom. The molecule has 8 unspecified atom stereocenters. The maximum Gasteiger partial charge on any atom is 0.402 e. The first-order valence-corrected chi connectivity index (χ1v) is 28.4. The summed E-state index contributed by atoms with van der Waals surface area (Å²) in [5.41, 5.74) is 0.181. The number of aromatic hydroxyl groups is 4. The molecule has 94 heavy (non-hydrogen) atoms. The van der Waals surface area contributed by atoms with Crippen LogP contribution in [0.4, 0.5) is 0 Å². The second kappa shape index (κ2) is 30.2. The number of fused-ring (bicyclic) bond motifs is 1. The van der Waals surface area contributed by atoms with Crippen molar-refractivity contribution in [2.75, 3.05) is 26.4 Å². The molecule has 4 aromatic carbocycles. The maximum atomic E-state index is 13.1. The summed E-state index contributed by atoms with van der Waals surface area (Å²) < 4.78 is 67.4. The van der Waals surface area contributed by atoms with Crippen molar-refractivity contribution in [1.29, 1.82) is 0 Å². The number of carboxylic acids is 1. The third-order valence-electron chi connectivity index (χ3n) is 15.0. The van der Waals surface area contributed by atoms with Gasteiger partial charge in [0.05, 0.1) is 18.2 Å². The largest absolute Gasteiger partial charge is 0.508 e. The summed E-state index contributed by atoms with van der Waals surface area (Å²) in [7, 11) is 0. The van der Waals surface area contributed by atoms with Gasteiger partial charge < -0.3 is 144 Å². The molecule has 9 rings (SSSR count). The zero-order valence-electron chi connectivity index (χ0n) is 48.5. The lowest BCUT2D eigenvalue weighted by Gasteiger charge is -2.40. The molecule has 0 saturated carbocycles. The van der Waals surface area contributed by atoms with Gasteiger partial charge in [-0.15, -0.1) is 0 Å². The Morgan fingerprint density at radius 1 is 0.457 bits per heavy atom. The van der Waals surface area contributed by atoms with Crippen LogP contribution in [0.3, 0.4) is 0 Å². The molecule has 34 heteroatoms. The van der Waals surface area contributed by atoms with Gasteiger partial charge in [-0.25, -0.2) is 14.0 Å². The zero-order valence-corrected chi connectivity index (χ0v) is 48.5. The van der Waals surface area contributed by atoms with Crippen molar-refractivity contribution in [2.24, 2.45) is 0 Å². The predicted octanol–water partition coefficient (Wildman–Crippen LogP) is -3.53. The molecular weight excluding hydrogens is 1260 g/mol. The normalized spacial score (nSPS) is 31.2. The molecular formula is C60H65O34+. The summed E-state index contributed by atoms with van der Waals surface area (Å²) >= 11 is 0. The first-order valence-electron chi connectivity index (χ1n) is 28.4. The number of aliphatic hydroxyl groups is 13. The molecule has 4 saturated heterocycles. The minimum atomic E-state index is -2.22. The minimum Gasteiger partial charge on any atom is -0.508 e. The molecule has 0 amide bonds. The highest BCUT2D eigenvalue weighted by Gasteiger charge is 2.50. The van der Waals surface area contributed by atoms with Crippen LogP contribution in [0, 0.1) is 0 Å². The lowest BCUT2D eigenvalue weighted by molar-refractivity contribution is -0.279. The number of phenolic OH excluding ortho intramolecular Hbond substituents is 4. The molecule has 4 aliphatic heterocycles. The van der Waals surface area contributed by atoms with E-state index in [9.17, 15) is 106 Å². The molecule has 4 fully saturated rings. The van der Waals surface area contributed by atoms with Gasteiger partial charge in [0.25, 0.3) is 0 Å². The van der Waals surface area contributed by atoms with Crippen LogP contribution in [-0.4, -0.2) is 265 Å². The Labute approximate surface area is 528 Å². The molecule has 0 aliphatic carbocycles. The molecule has 4 aliphatic rings. The van der Waals surface area contributed by atoms with Gasteiger partial charge in [-0.2, -0.15) is 0 Å². The number of hydrogen-bond donors (Lipinski definition) is 18. The second-order valence-corrected chi connectivity index (χ2v) is 21.7. The monoisotopic (exact) mass is 1330 g/mol. The van der Waals surface area contributed by atoms with Crippen molar-refractivity contribution in [3.63, 3.8) is 0 Å². The predicted molar refractivity (Wildman–Crippen MR) is 305 cm³/mol. The Balaban J connectivity index is 0.919. The standard InChI is InChI=1S/C60H64O34/c61-19-35-44(71)48(75)53(80)58(91-35)88-32-13-25(56-34(17-29-30(64)15-27(63)16-31(29)87-56)90-60-55(82)51(78)47(74)38(94-60)22-85-42(69)18-39(65)66)14-33(43(32)70)89-59-54(81)50(77)46(73)37(93-59)21-84-41(68)12-6-24-3-9-28(10-4-24)86-57-52(79)49(76)45(72)36(92-57)20-83-40(67)11-5-23-1-7-26(62)8-2-23/h1-17,35-38,44-55,57-61,71-82H,18-22H2,(H4-,62,63,64,65,66,67,70)/p+1/b12-6+/t35?,36?,37?,38?,44-,45-,46-,47-,48+,49+,50+,51+,52?,53?,54?,55?,57-,58-,59-,60-/m1/s1. The van der Waals surface area contributed by atoms with E-state index in [4.69, 9.17) is 61.6 Å². The number of benzene rings is 4. The number of rotatable bonds is 22. The number of carbonyl (C=O) groups is 4. The molecule has 34 nitrogen and oxygen atoms in total. The molecule has 20 atom stereocenters. The third-order valence-corrected chi connectivity index (χ3v) is 15.0. The van der Waals surface area contributed by atoms with Crippen molar-refractivity contribution in [3.8, 4) is 57.3 Å². The van der Waals surface area contributed by atoms with Crippen LogP contribution < -0.4 is 18.9 Å². The van der Waals surface area contributed by atoms with Crippen molar-refractivity contribution < 1.29 is 168 Å². The fraction of sp³-hybridized carbons (Fsp3) is 0.417. The molecule has 508 valence electrons. The van der Waals surface area contributed by atoms with E-state index in [-0.39, 0.29) is 22.5 Å². The van der Waals surface area contributed by atoms with E-state index in [1.165, 1.54) is 48.6 Å². The van der Waals surface area contributed by atoms with E-state index in [1.807, 2.05) is 0 Å². The number of phenols is 4. The summed E-state index contributed by atoms with van der Waals surface area (Å²) in [6.45, 7) is -3.26. The Bertz CT molecular complexity index is 3530. The third kappa shape index (κ3) is 16.3. The molecule has 0 bridgehead atoms. The molecule has 5 aromatic rings. The van der Waals surface area contributed by atoms with Gasteiger partial charge in [0.1, 0.15) is 152 Å². The van der Waals surface area contributed by atoms with Crippen molar-refractivity contribution in [2.45, 2.75) is 129 Å². The highest BCUT2D eigenvalue weighted by atomic mass is 16.7. The van der Waals surface area contributed by atoms with Gasteiger partial charge in [0.15, 0.2) is 11.5 Å². The lowest BCUT2D eigenvalue weighted by Crippen LogP contribution is -2.60. The first kappa shape index (κ1) is 69.7. The van der Waals surface area contributed by atoms with Crippen LogP contribution in [0.15, 0.2) is 95.4 Å². The molecule has 18 N–H and O–H groups in total. The van der Waals surface area contributed by atoms with Crippen LogP contribution >= 0.6 is 0 Å². The smallest absolute Gasteiger partial charge is 0.402 e. The maximum absolute atomic E-state index is 13.1. The quantitative estimate of drug-likeness (QED) is 0.0105. The van der Waals surface area contributed by atoms with Gasteiger partial charge in [-0.3, -0.25) is 9.59 Å². The summed E-state index contributed by atoms with van der Waals surface area (Å²) in [5, 5.41) is 191. The van der Waals surface area contributed by atoms with Gasteiger partial charge in [0.2, 0.25) is 36.7 Å². The van der Waals surface area contributed by atoms with Crippen LogP contribution in [0.5, 0.6) is 46.0 Å². The van der Waals surface area contributed by atoms with E-state index in [0.717, 1.165) is 42.5 Å². The Morgan fingerprint density at radius 3 is 1.33 bits per heavy atom. The highest BCUT2D eigenvalue weighted by molar-refractivity contribution is 5.91. The average molecular weight is 1330 g/mol. The van der Waals surface area contributed by atoms with Crippen molar-refractivity contribution >= 4 is 47.0 Å². The van der Waals surface area contributed by atoms with Crippen LogP contribution in [0.25, 0.3) is 34.4 Å². The average Bonchev–Trinajstić information content (AvgIpc) is 0.766. The zero-order chi connectivity index (χ0) is 68.0. The highest BCUT2D eigenvalue weighted by Crippen LogP contribution is 2.47. The number of esters is 3. The second-order valence-electron chi connectivity index (χ2n) is 21.7.